The normalized spacial score (nSPS) is 11.8. The van der Waals surface area contributed by atoms with Crippen molar-refractivity contribution in [2.45, 2.75) is 19.9 Å². The molecule has 0 saturated carbocycles. The van der Waals surface area contributed by atoms with Gasteiger partial charge < -0.3 is 14.6 Å². The Morgan fingerprint density at radius 3 is 2.73 bits per heavy atom. The molecule has 134 valence electrons. The SMILES string of the molecule is COc1cccc([C@@H](C)NC(=O)c2c(-c3ccccc3Cl)noc2C)c1. The van der Waals surface area contributed by atoms with Crippen molar-refractivity contribution in [3.05, 3.63) is 70.4 Å². The molecule has 0 spiro atoms. The van der Waals surface area contributed by atoms with Crippen LogP contribution < -0.4 is 10.1 Å². The van der Waals surface area contributed by atoms with Crippen LogP contribution in [-0.2, 0) is 0 Å². The highest BCUT2D eigenvalue weighted by atomic mass is 35.5. The molecule has 3 rings (SSSR count). The van der Waals surface area contributed by atoms with Gasteiger partial charge in [-0.25, -0.2) is 0 Å². The fraction of sp³-hybridized carbons (Fsp3) is 0.200. The number of nitrogens with one attached hydrogen (secondary N) is 1. The van der Waals surface area contributed by atoms with Crippen LogP contribution in [0.5, 0.6) is 5.75 Å². The minimum atomic E-state index is -0.269. The number of halogens is 1. The zero-order chi connectivity index (χ0) is 18.7. The van der Waals surface area contributed by atoms with E-state index >= 15 is 0 Å². The molecule has 0 radical (unpaired) electrons. The zero-order valence-corrected chi connectivity index (χ0v) is 15.5. The van der Waals surface area contributed by atoms with Gasteiger partial charge >= 0.3 is 0 Å². The van der Waals surface area contributed by atoms with E-state index in [1.165, 1.54) is 0 Å². The molecular weight excluding hydrogens is 352 g/mol. The van der Waals surface area contributed by atoms with Crippen LogP contribution >= 0.6 is 11.6 Å². The second-order valence-electron chi connectivity index (χ2n) is 5.91. The summed E-state index contributed by atoms with van der Waals surface area (Å²) in [6, 6.07) is 14.6. The van der Waals surface area contributed by atoms with Crippen LogP contribution in [-0.4, -0.2) is 18.2 Å². The first-order valence-corrected chi connectivity index (χ1v) is 8.55. The van der Waals surface area contributed by atoms with E-state index in [4.69, 9.17) is 20.9 Å². The first kappa shape index (κ1) is 18.0. The number of methoxy groups -OCH3 is 1. The molecule has 0 aliphatic rings. The third-order valence-corrected chi connectivity index (χ3v) is 4.49. The Balaban J connectivity index is 1.89. The summed E-state index contributed by atoms with van der Waals surface area (Å²) >= 11 is 6.25. The minimum absolute atomic E-state index is 0.217. The van der Waals surface area contributed by atoms with Crippen molar-refractivity contribution in [3.8, 4) is 17.0 Å². The summed E-state index contributed by atoms with van der Waals surface area (Å²) in [5.41, 5.74) is 2.41. The standard InChI is InChI=1S/C20H19ClN2O3/c1-12(14-7-6-8-15(11-14)25-3)22-20(24)18-13(2)26-23-19(18)16-9-4-5-10-17(16)21/h4-12H,1-3H3,(H,22,24)/t12-/m1/s1. The molecule has 1 heterocycles. The molecule has 1 amide bonds. The van der Waals surface area contributed by atoms with E-state index in [-0.39, 0.29) is 11.9 Å². The van der Waals surface area contributed by atoms with Gasteiger partial charge in [-0.05, 0) is 37.6 Å². The maximum absolute atomic E-state index is 12.9. The summed E-state index contributed by atoms with van der Waals surface area (Å²) in [4.78, 5) is 12.9. The van der Waals surface area contributed by atoms with Gasteiger partial charge in [0, 0.05) is 5.56 Å². The van der Waals surface area contributed by atoms with Crippen LogP contribution in [0.3, 0.4) is 0 Å². The second kappa shape index (κ2) is 7.62. The van der Waals surface area contributed by atoms with Gasteiger partial charge in [-0.3, -0.25) is 4.79 Å². The van der Waals surface area contributed by atoms with Crippen LogP contribution in [0.25, 0.3) is 11.3 Å². The highest BCUT2D eigenvalue weighted by Crippen LogP contribution is 2.31. The second-order valence-corrected chi connectivity index (χ2v) is 6.32. The van der Waals surface area contributed by atoms with E-state index in [2.05, 4.69) is 10.5 Å². The molecule has 1 aromatic heterocycles. The molecule has 0 aliphatic heterocycles. The average Bonchev–Trinajstić information content (AvgIpc) is 3.03. The Morgan fingerprint density at radius 1 is 1.23 bits per heavy atom. The molecule has 6 heteroatoms. The van der Waals surface area contributed by atoms with Gasteiger partial charge in [-0.15, -0.1) is 0 Å². The van der Waals surface area contributed by atoms with Gasteiger partial charge in [0.05, 0.1) is 18.2 Å². The number of aromatic nitrogens is 1. The highest BCUT2D eigenvalue weighted by Gasteiger charge is 2.24. The van der Waals surface area contributed by atoms with Gasteiger partial charge in [-0.1, -0.05) is 47.1 Å². The molecule has 1 N–H and O–H groups in total. The van der Waals surface area contributed by atoms with Crippen LogP contribution in [0.4, 0.5) is 0 Å². The first-order valence-electron chi connectivity index (χ1n) is 8.17. The van der Waals surface area contributed by atoms with Crippen molar-refractivity contribution in [2.75, 3.05) is 7.11 Å². The third-order valence-electron chi connectivity index (χ3n) is 4.16. The number of hydrogen-bond acceptors (Lipinski definition) is 4. The predicted octanol–water partition coefficient (Wildman–Crippen LogP) is 4.80. The maximum atomic E-state index is 12.9. The van der Waals surface area contributed by atoms with Crippen molar-refractivity contribution in [2.24, 2.45) is 0 Å². The molecule has 0 fully saturated rings. The molecule has 5 nitrogen and oxygen atoms in total. The topological polar surface area (TPSA) is 64.4 Å². The number of hydrogen-bond donors (Lipinski definition) is 1. The first-order chi connectivity index (χ1) is 12.5. The Labute approximate surface area is 156 Å². The monoisotopic (exact) mass is 370 g/mol. The predicted molar refractivity (Wildman–Crippen MR) is 101 cm³/mol. The number of nitrogens with zero attached hydrogens (tertiary/aromatic N) is 1. The van der Waals surface area contributed by atoms with Gasteiger partial charge in [0.1, 0.15) is 22.8 Å². The highest BCUT2D eigenvalue weighted by molar-refractivity contribution is 6.33. The van der Waals surface area contributed by atoms with Crippen LogP contribution in [0.1, 0.15) is 34.6 Å². The lowest BCUT2D eigenvalue weighted by molar-refractivity contribution is 0.0939. The smallest absolute Gasteiger partial charge is 0.257 e. The van der Waals surface area contributed by atoms with Crippen LogP contribution in [0.15, 0.2) is 53.1 Å². The number of benzene rings is 2. The van der Waals surface area contributed by atoms with Crippen molar-refractivity contribution in [1.82, 2.24) is 10.5 Å². The molecule has 26 heavy (non-hydrogen) atoms. The van der Waals surface area contributed by atoms with Crippen LogP contribution in [0, 0.1) is 6.92 Å². The Kier molecular flexibility index (Phi) is 5.28. The fourth-order valence-corrected chi connectivity index (χ4v) is 2.96. The number of rotatable bonds is 5. The number of carbonyl (C=O) groups excluding carboxylic acids is 1. The average molecular weight is 371 g/mol. The van der Waals surface area contributed by atoms with E-state index in [1.807, 2.05) is 49.4 Å². The molecule has 0 aliphatic carbocycles. The summed E-state index contributed by atoms with van der Waals surface area (Å²) in [6.07, 6.45) is 0. The minimum Gasteiger partial charge on any atom is -0.497 e. The molecule has 1 atom stereocenters. The zero-order valence-electron chi connectivity index (χ0n) is 14.7. The summed E-state index contributed by atoms with van der Waals surface area (Å²) in [6.45, 7) is 3.61. The number of ether oxygens (including phenoxy) is 1. The van der Waals surface area contributed by atoms with Crippen molar-refractivity contribution >= 4 is 17.5 Å². The van der Waals surface area contributed by atoms with E-state index in [1.54, 1.807) is 20.1 Å². The van der Waals surface area contributed by atoms with Gasteiger partial charge in [0.15, 0.2) is 0 Å². The molecule has 0 bridgehead atoms. The fourth-order valence-electron chi connectivity index (χ4n) is 2.74. The largest absolute Gasteiger partial charge is 0.497 e. The van der Waals surface area contributed by atoms with E-state index in [0.29, 0.717) is 27.6 Å². The van der Waals surface area contributed by atoms with E-state index < -0.39 is 0 Å². The van der Waals surface area contributed by atoms with Crippen molar-refractivity contribution < 1.29 is 14.1 Å². The maximum Gasteiger partial charge on any atom is 0.257 e. The molecular formula is C20H19ClN2O3. The number of aryl methyl sites for hydroxylation is 1. The lowest BCUT2D eigenvalue weighted by Gasteiger charge is -2.15. The van der Waals surface area contributed by atoms with Crippen molar-refractivity contribution in [1.29, 1.82) is 0 Å². The lowest BCUT2D eigenvalue weighted by atomic mass is 10.0. The quantitative estimate of drug-likeness (QED) is 0.700. The van der Waals surface area contributed by atoms with E-state index in [0.717, 1.165) is 11.3 Å². The molecule has 3 aromatic rings. The Hall–Kier alpha value is -2.79. The van der Waals surface area contributed by atoms with Gasteiger partial charge in [-0.2, -0.15) is 0 Å². The Morgan fingerprint density at radius 2 is 2.00 bits per heavy atom. The molecule has 0 saturated heterocycles. The number of amides is 1. The lowest BCUT2D eigenvalue weighted by Crippen LogP contribution is -2.27. The molecule has 2 aromatic carbocycles. The van der Waals surface area contributed by atoms with Crippen LogP contribution in [0.2, 0.25) is 5.02 Å². The summed E-state index contributed by atoms with van der Waals surface area (Å²) in [5, 5.41) is 7.53. The summed E-state index contributed by atoms with van der Waals surface area (Å²) in [5.74, 6) is 0.908. The van der Waals surface area contributed by atoms with Gasteiger partial charge in [0.25, 0.3) is 5.91 Å². The van der Waals surface area contributed by atoms with Gasteiger partial charge in [0.2, 0.25) is 0 Å². The summed E-state index contributed by atoms with van der Waals surface area (Å²) < 4.78 is 10.5. The molecule has 0 unspecified atom stereocenters. The number of carbonyl (C=O) groups is 1. The third kappa shape index (κ3) is 3.58. The summed E-state index contributed by atoms with van der Waals surface area (Å²) in [7, 11) is 1.61. The van der Waals surface area contributed by atoms with E-state index in [9.17, 15) is 4.79 Å². The van der Waals surface area contributed by atoms with Crippen molar-refractivity contribution in [3.63, 3.8) is 0 Å². The Bertz CT molecular complexity index is 936.